The molecule has 2 aliphatic heterocycles. The highest BCUT2D eigenvalue weighted by Crippen LogP contribution is 2.39. The van der Waals surface area contributed by atoms with Gasteiger partial charge in [-0.1, -0.05) is 0 Å². The van der Waals surface area contributed by atoms with E-state index in [2.05, 4.69) is 4.90 Å². The van der Waals surface area contributed by atoms with Crippen LogP contribution >= 0.6 is 0 Å². The summed E-state index contributed by atoms with van der Waals surface area (Å²) >= 11 is 0. The van der Waals surface area contributed by atoms with Gasteiger partial charge in [-0.15, -0.1) is 0 Å². The third-order valence-electron chi connectivity index (χ3n) is 4.68. The zero-order valence-corrected chi connectivity index (χ0v) is 11.8. The molecule has 0 aliphatic carbocycles. The largest absolute Gasteiger partial charge is 0.365 e. The summed E-state index contributed by atoms with van der Waals surface area (Å²) in [6.45, 7) is 1.96. The molecule has 2 N–H and O–H groups in total. The van der Waals surface area contributed by atoms with Gasteiger partial charge in [0, 0.05) is 35.9 Å². The van der Waals surface area contributed by atoms with Crippen LogP contribution in [0.2, 0.25) is 0 Å². The monoisotopic (exact) mass is 275 g/mol. The number of hydrogen-bond acceptors (Lipinski definition) is 4. The van der Waals surface area contributed by atoms with Crippen LogP contribution in [0, 0.1) is 17.0 Å². The van der Waals surface area contributed by atoms with Crippen LogP contribution in [-0.4, -0.2) is 23.0 Å². The van der Waals surface area contributed by atoms with Gasteiger partial charge < -0.3 is 10.6 Å². The van der Waals surface area contributed by atoms with Gasteiger partial charge in [0.15, 0.2) is 0 Å². The van der Waals surface area contributed by atoms with Crippen LogP contribution in [-0.2, 0) is 0 Å². The van der Waals surface area contributed by atoms with Gasteiger partial charge in [0.2, 0.25) is 0 Å². The van der Waals surface area contributed by atoms with Crippen LogP contribution in [0.1, 0.15) is 37.7 Å². The zero-order chi connectivity index (χ0) is 14.3. The minimum Gasteiger partial charge on any atom is -0.365 e. The molecule has 1 aromatic rings. The van der Waals surface area contributed by atoms with E-state index in [9.17, 15) is 10.1 Å². The Morgan fingerprint density at radius 2 is 1.95 bits per heavy atom. The number of anilines is 1. The van der Waals surface area contributed by atoms with Crippen molar-refractivity contribution in [3.8, 4) is 0 Å². The predicted octanol–water partition coefficient (Wildman–Crippen LogP) is 2.75. The van der Waals surface area contributed by atoms with Gasteiger partial charge in [0.1, 0.15) is 0 Å². The Labute approximate surface area is 118 Å². The van der Waals surface area contributed by atoms with Gasteiger partial charge in [-0.3, -0.25) is 10.1 Å². The molecule has 5 heteroatoms. The van der Waals surface area contributed by atoms with Crippen molar-refractivity contribution in [2.24, 2.45) is 5.73 Å². The van der Waals surface area contributed by atoms with Gasteiger partial charge in [-0.2, -0.15) is 0 Å². The van der Waals surface area contributed by atoms with E-state index in [1.807, 2.05) is 13.0 Å². The minimum absolute atomic E-state index is 0.171. The first kappa shape index (κ1) is 13.4. The smallest absolute Gasteiger partial charge is 0.269 e. The van der Waals surface area contributed by atoms with Crippen molar-refractivity contribution in [1.82, 2.24) is 0 Å². The second kappa shape index (κ2) is 5.05. The Bertz CT molecular complexity index is 518. The zero-order valence-electron chi connectivity index (χ0n) is 11.8. The van der Waals surface area contributed by atoms with E-state index in [0.717, 1.165) is 24.1 Å². The molecule has 0 amide bonds. The van der Waals surface area contributed by atoms with E-state index in [4.69, 9.17) is 5.73 Å². The number of nitrogens with two attached hydrogens (primary N) is 1. The number of nitro groups is 1. The van der Waals surface area contributed by atoms with Crippen molar-refractivity contribution < 1.29 is 4.92 Å². The number of non-ortho nitro benzene ring substituents is 1. The van der Waals surface area contributed by atoms with Crippen molar-refractivity contribution in [1.29, 1.82) is 0 Å². The molecular weight excluding hydrogens is 254 g/mol. The lowest BCUT2D eigenvalue weighted by atomic mass is 9.81. The van der Waals surface area contributed by atoms with Gasteiger partial charge in [-0.25, -0.2) is 0 Å². The standard InChI is InChI=1S/C15H21N3O2/c1-10-7-14(18(19)20)5-6-15(10)17-12-3-2-4-13(17)9-11(16)8-12/h5-7,11-13H,2-4,8-9,16H2,1H3. The highest BCUT2D eigenvalue weighted by Gasteiger charge is 2.37. The molecule has 0 aromatic heterocycles. The molecule has 20 heavy (non-hydrogen) atoms. The lowest BCUT2D eigenvalue weighted by Gasteiger charge is -2.50. The summed E-state index contributed by atoms with van der Waals surface area (Å²) < 4.78 is 0. The number of nitrogens with zero attached hydrogens (tertiary/aromatic N) is 2. The Balaban J connectivity index is 1.94. The molecule has 2 bridgehead atoms. The van der Waals surface area contributed by atoms with Gasteiger partial charge in [0.05, 0.1) is 4.92 Å². The first-order valence-corrected chi connectivity index (χ1v) is 7.35. The number of hydrogen-bond donors (Lipinski definition) is 1. The number of nitro benzene ring substituents is 1. The molecule has 2 aliphatic rings. The minimum atomic E-state index is -0.330. The fraction of sp³-hybridized carbons (Fsp3) is 0.600. The first-order valence-electron chi connectivity index (χ1n) is 7.35. The quantitative estimate of drug-likeness (QED) is 0.665. The number of benzene rings is 1. The summed E-state index contributed by atoms with van der Waals surface area (Å²) in [7, 11) is 0. The third kappa shape index (κ3) is 2.26. The summed E-state index contributed by atoms with van der Waals surface area (Å²) in [6, 6.07) is 6.51. The molecule has 2 fully saturated rings. The number of piperidine rings is 2. The Hall–Kier alpha value is -1.62. The lowest BCUT2D eigenvalue weighted by Crippen LogP contribution is -2.55. The van der Waals surface area contributed by atoms with Gasteiger partial charge in [-0.05, 0) is 50.7 Å². The predicted molar refractivity (Wildman–Crippen MR) is 78.9 cm³/mol. The van der Waals surface area contributed by atoms with Gasteiger partial charge >= 0.3 is 0 Å². The van der Waals surface area contributed by atoms with E-state index < -0.39 is 0 Å². The van der Waals surface area contributed by atoms with Crippen LogP contribution in [0.4, 0.5) is 11.4 Å². The van der Waals surface area contributed by atoms with Crippen LogP contribution in [0.25, 0.3) is 0 Å². The number of rotatable bonds is 2. The Morgan fingerprint density at radius 1 is 1.30 bits per heavy atom. The second-order valence-corrected chi connectivity index (χ2v) is 6.11. The summed E-state index contributed by atoms with van der Waals surface area (Å²) in [5.41, 5.74) is 8.47. The fourth-order valence-electron chi connectivity index (χ4n) is 3.86. The lowest BCUT2D eigenvalue weighted by molar-refractivity contribution is -0.384. The summed E-state index contributed by atoms with van der Waals surface area (Å²) in [4.78, 5) is 13.0. The summed E-state index contributed by atoms with van der Waals surface area (Å²) in [5.74, 6) is 0. The summed E-state index contributed by atoms with van der Waals surface area (Å²) in [6.07, 6.45) is 5.70. The maximum absolute atomic E-state index is 10.9. The molecule has 0 saturated carbocycles. The molecule has 2 unspecified atom stereocenters. The molecule has 2 saturated heterocycles. The van der Waals surface area contributed by atoms with Crippen molar-refractivity contribution >= 4 is 11.4 Å². The Kier molecular flexibility index (Phi) is 3.38. The highest BCUT2D eigenvalue weighted by molar-refractivity contribution is 5.59. The topological polar surface area (TPSA) is 72.4 Å². The second-order valence-electron chi connectivity index (χ2n) is 6.11. The molecule has 2 atom stereocenters. The van der Waals surface area contributed by atoms with Crippen molar-refractivity contribution in [2.45, 2.75) is 57.2 Å². The number of aryl methyl sites for hydroxylation is 1. The van der Waals surface area contributed by atoms with E-state index in [0.29, 0.717) is 18.1 Å². The molecule has 2 heterocycles. The van der Waals surface area contributed by atoms with Crippen LogP contribution in [0.15, 0.2) is 18.2 Å². The van der Waals surface area contributed by atoms with Crippen LogP contribution < -0.4 is 10.6 Å². The Morgan fingerprint density at radius 3 is 2.50 bits per heavy atom. The van der Waals surface area contributed by atoms with E-state index in [1.165, 1.54) is 19.3 Å². The first-order chi connectivity index (χ1) is 9.56. The molecule has 0 spiro atoms. The molecule has 0 radical (unpaired) electrons. The summed E-state index contributed by atoms with van der Waals surface area (Å²) in [5, 5.41) is 10.9. The van der Waals surface area contributed by atoms with E-state index in [1.54, 1.807) is 12.1 Å². The van der Waals surface area contributed by atoms with Crippen molar-refractivity contribution in [2.75, 3.05) is 4.90 Å². The molecule has 5 nitrogen and oxygen atoms in total. The normalized spacial score (nSPS) is 29.3. The molecular formula is C15H21N3O2. The highest BCUT2D eigenvalue weighted by atomic mass is 16.6. The molecule has 3 rings (SSSR count). The van der Waals surface area contributed by atoms with E-state index >= 15 is 0 Å². The third-order valence-corrected chi connectivity index (χ3v) is 4.68. The maximum Gasteiger partial charge on any atom is 0.269 e. The molecule has 1 aromatic carbocycles. The maximum atomic E-state index is 10.9. The average molecular weight is 275 g/mol. The average Bonchev–Trinajstić information content (AvgIpc) is 2.38. The van der Waals surface area contributed by atoms with E-state index in [-0.39, 0.29) is 10.6 Å². The van der Waals surface area contributed by atoms with Crippen molar-refractivity contribution in [3.05, 3.63) is 33.9 Å². The van der Waals surface area contributed by atoms with Gasteiger partial charge in [0.25, 0.3) is 5.69 Å². The molecule has 108 valence electrons. The number of fused-ring (bicyclic) bond motifs is 2. The van der Waals surface area contributed by atoms with Crippen molar-refractivity contribution in [3.63, 3.8) is 0 Å². The SMILES string of the molecule is Cc1cc([N+](=O)[O-])ccc1N1C2CCCC1CC(N)C2. The van der Waals surface area contributed by atoms with Crippen LogP contribution in [0.5, 0.6) is 0 Å². The fourth-order valence-corrected chi connectivity index (χ4v) is 3.86. The van der Waals surface area contributed by atoms with Crippen LogP contribution in [0.3, 0.4) is 0 Å².